The van der Waals surface area contributed by atoms with Gasteiger partial charge in [0.05, 0.1) is 21.2 Å². The summed E-state index contributed by atoms with van der Waals surface area (Å²) in [7, 11) is 0. The number of benzene rings is 2. The highest BCUT2D eigenvalue weighted by atomic mass is 35.5. The molecule has 0 aliphatic heterocycles. The SMILES string of the molecule is OC(Cc1ccc(Cl)c(Cl)c1)c1cc(F)c(Cl)cc1F. The Bertz CT molecular complexity index is 647. The van der Waals surface area contributed by atoms with E-state index in [4.69, 9.17) is 34.8 Å². The lowest BCUT2D eigenvalue weighted by Crippen LogP contribution is -2.05. The molecular formula is C14H9Cl3F2O. The fraction of sp³-hybridized carbons (Fsp3) is 0.143. The van der Waals surface area contributed by atoms with Gasteiger partial charge in [0, 0.05) is 12.0 Å². The van der Waals surface area contributed by atoms with E-state index >= 15 is 0 Å². The minimum Gasteiger partial charge on any atom is -0.388 e. The zero-order valence-electron chi connectivity index (χ0n) is 10.0. The van der Waals surface area contributed by atoms with E-state index in [2.05, 4.69) is 0 Å². The molecule has 1 N–H and O–H groups in total. The Kier molecular flexibility index (Phi) is 4.86. The second-order valence-electron chi connectivity index (χ2n) is 4.26. The minimum atomic E-state index is -1.21. The molecule has 2 aromatic carbocycles. The lowest BCUT2D eigenvalue weighted by molar-refractivity contribution is 0.173. The average molecular weight is 338 g/mol. The highest BCUT2D eigenvalue weighted by molar-refractivity contribution is 6.42. The molecule has 0 radical (unpaired) electrons. The molecule has 6 heteroatoms. The summed E-state index contributed by atoms with van der Waals surface area (Å²) in [5, 5.41) is 10.4. The summed E-state index contributed by atoms with van der Waals surface area (Å²) < 4.78 is 27.0. The number of halogens is 5. The molecule has 2 aromatic rings. The first kappa shape index (κ1) is 15.5. The molecule has 2 rings (SSSR count). The number of aliphatic hydroxyl groups is 1. The maximum absolute atomic E-state index is 13.7. The Morgan fingerprint density at radius 3 is 2.25 bits per heavy atom. The Morgan fingerprint density at radius 2 is 1.60 bits per heavy atom. The van der Waals surface area contributed by atoms with Crippen LogP contribution in [0.3, 0.4) is 0 Å². The van der Waals surface area contributed by atoms with Crippen molar-refractivity contribution in [2.75, 3.05) is 0 Å². The maximum Gasteiger partial charge on any atom is 0.142 e. The van der Waals surface area contributed by atoms with Gasteiger partial charge in [-0.15, -0.1) is 0 Å². The topological polar surface area (TPSA) is 20.2 Å². The first-order valence-electron chi connectivity index (χ1n) is 5.65. The van der Waals surface area contributed by atoms with E-state index < -0.39 is 17.7 Å². The van der Waals surface area contributed by atoms with E-state index in [1.165, 1.54) is 0 Å². The molecule has 0 fully saturated rings. The Morgan fingerprint density at radius 1 is 0.900 bits per heavy atom. The van der Waals surface area contributed by atoms with Gasteiger partial charge in [0.1, 0.15) is 11.6 Å². The average Bonchev–Trinajstić information content (AvgIpc) is 2.38. The quantitative estimate of drug-likeness (QED) is 0.763. The van der Waals surface area contributed by atoms with Gasteiger partial charge in [-0.2, -0.15) is 0 Å². The lowest BCUT2D eigenvalue weighted by atomic mass is 10.0. The fourth-order valence-electron chi connectivity index (χ4n) is 1.79. The molecule has 0 saturated heterocycles. The number of hydrogen-bond acceptors (Lipinski definition) is 1. The second-order valence-corrected chi connectivity index (χ2v) is 5.48. The van der Waals surface area contributed by atoms with E-state index in [0.717, 1.165) is 12.1 Å². The monoisotopic (exact) mass is 336 g/mol. The van der Waals surface area contributed by atoms with Crippen LogP contribution in [0, 0.1) is 11.6 Å². The van der Waals surface area contributed by atoms with E-state index in [1.54, 1.807) is 18.2 Å². The molecule has 0 bridgehead atoms. The van der Waals surface area contributed by atoms with Crippen LogP contribution in [-0.2, 0) is 6.42 Å². The summed E-state index contributed by atoms with van der Waals surface area (Å²) >= 11 is 17.1. The molecule has 0 aromatic heterocycles. The number of hydrogen-bond donors (Lipinski definition) is 1. The zero-order chi connectivity index (χ0) is 14.9. The van der Waals surface area contributed by atoms with Crippen LogP contribution in [0.2, 0.25) is 15.1 Å². The molecule has 1 atom stereocenters. The first-order valence-corrected chi connectivity index (χ1v) is 6.78. The van der Waals surface area contributed by atoms with Gasteiger partial charge in [0.15, 0.2) is 0 Å². The summed E-state index contributed by atoms with van der Waals surface area (Å²) in [5.41, 5.74) is 0.500. The highest BCUT2D eigenvalue weighted by Crippen LogP contribution is 2.28. The Balaban J connectivity index is 2.25. The predicted octanol–water partition coefficient (Wildman–Crippen LogP) is 5.20. The van der Waals surface area contributed by atoms with Gasteiger partial charge in [-0.3, -0.25) is 0 Å². The molecule has 1 nitrogen and oxygen atoms in total. The van der Waals surface area contributed by atoms with Crippen molar-refractivity contribution < 1.29 is 13.9 Å². The standard InChI is InChI=1S/C14H9Cl3F2O/c15-9-2-1-7(3-10(9)16)4-14(20)8-5-13(19)11(17)6-12(8)18/h1-3,5-6,14,20H,4H2. The molecule has 0 amide bonds. The number of aliphatic hydroxyl groups excluding tert-OH is 1. The summed E-state index contributed by atoms with van der Waals surface area (Å²) in [6.45, 7) is 0. The molecule has 0 saturated carbocycles. The van der Waals surface area contributed by atoms with Crippen LogP contribution in [0.15, 0.2) is 30.3 Å². The van der Waals surface area contributed by atoms with E-state index in [1.807, 2.05) is 0 Å². The van der Waals surface area contributed by atoms with Crippen LogP contribution in [-0.4, -0.2) is 5.11 Å². The first-order chi connectivity index (χ1) is 9.38. The minimum absolute atomic E-state index is 0.0783. The van der Waals surface area contributed by atoms with Crippen molar-refractivity contribution in [1.82, 2.24) is 0 Å². The second kappa shape index (κ2) is 6.27. The Hall–Kier alpha value is -0.870. The van der Waals surface area contributed by atoms with Crippen LogP contribution >= 0.6 is 34.8 Å². The predicted molar refractivity (Wildman–Crippen MR) is 76.5 cm³/mol. The van der Waals surface area contributed by atoms with Crippen LogP contribution in [0.25, 0.3) is 0 Å². The van der Waals surface area contributed by atoms with Gasteiger partial charge in [0.25, 0.3) is 0 Å². The molecular weight excluding hydrogens is 329 g/mol. The highest BCUT2D eigenvalue weighted by Gasteiger charge is 2.17. The summed E-state index contributed by atoms with van der Waals surface area (Å²) in [6, 6.07) is 6.52. The Labute approximate surface area is 129 Å². The van der Waals surface area contributed by atoms with Gasteiger partial charge in [-0.25, -0.2) is 8.78 Å². The van der Waals surface area contributed by atoms with Crippen molar-refractivity contribution >= 4 is 34.8 Å². The van der Waals surface area contributed by atoms with Crippen molar-refractivity contribution in [3.05, 3.63) is 68.2 Å². The lowest BCUT2D eigenvalue weighted by Gasteiger charge is -2.13. The third kappa shape index (κ3) is 3.41. The van der Waals surface area contributed by atoms with Gasteiger partial charge in [0.2, 0.25) is 0 Å². The molecule has 0 aliphatic carbocycles. The van der Waals surface area contributed by atoms with Gasteiger partial charge < -0.3 is 5.11 Å². The fourth-order valence-corrected chi connectivity index (χ4v) is 2.26. The molecule has 20 heavy (non-hydrogen) atoms. The zero-order valence-corrected chi connectivity index (χ0v) is 12.3. The van der Waals surface area contributed by atoms with Crippen molar-refractivity contribution in [2.45, 2.75) is 12.5 Å². The van der Waals surface area contributed by atoms with Crippen LogP contribution in [0.1, 0.15) is 17.2 Å². The summed E-state index contributed by atoms with van der Waals surface area (Å²) in [6.07, 6.45) is -1.13. The maximum atomic E-state index is 13.7. The molecule has 106 valence electrons. The van der Waals surface area contributed by atoms with Crippen LogP contribution in [0.5, 0.6) is 0 Å². The molecule has 0 aliphatic rings. The van der Waals surface area contributed by atoms with E-state index in [-0.39, 0.29) is 17.0 Å². The largest absolute Gasteiger partial charge is 0.388 e. The van der Waals surface area contributed by atoms with Crippen molar-refractivity contribution in [1.29, 1.82) is 0 Å². The molecule has 0 spiro atoms. The van der Waals surface area contributed by atoms with E-state index in [0.29, 0.717) is 15.6 Å². The third-order valence-corrected chi connectivity index (χ3v) is 3.84. The van der Waals surface area contributed by atoms with Crippen LogP contribution < -0.4 is 0 Å². The normalized spacial score (nSPS) is 12.5. The smallest absolute Gasteiger partial charge is 0.142 e. The van der Waals surface area contributed by atoms with Gasteiger partial charge in [-0.05, 0) is 29.8 Å². The molecule has 0 heterocycles. The van der Waals surface area contributed by atoms with Crippen molar-refractivity contribution in [3.8, 4) is 0 Å². The summed E-state index contributed by atoms with van der Waals surface area (Å²) in [4.78, 5) is 0. The van der Waals surface area contributed by atoms with Crippen molar-refractivity contribution in [3.63, 3.8) is 0 Å². The number of rotatable bonds is 3. The third-order valence-electron chi connectivity index (χ3n) is 2.81. The van der Waals surface area contributed by atoms with E-state index in [9.17, 15) is 13.9 Å². The van der Waals surface area contributed by atoms with Crippen molar-refractivity contribution in [2.24, 2.45) is 0 Å². The summed E-state index contributed by atoms with van der Waals surface area (Å²) in [5.74, 6) is -1.54. The van der Waals surface area contributed by atoms with Crippen LogP contribution in [0.4, 0.5) is 8.78 Å². The molecule has 1 unspecified atom stereocenters. The van der Waals surface area contributed by atoms with Gasteiger partial charge >= 0.3 is 0 Å². The van der Waals surface area contributed by atoms with Gasteiger partial charge in [-0.1, -0.05) is 40.9 Å².